The highest BCUT2D eigenvalue weighted by Gasteiger charge is 2.29. The van der Waals surface area contributed by atoms with E-state index in [0.29, 0.717) is 18.1 Å². The number of benzene rings is 1. The lowest BCUT2D eigenvalue weighted by Gasteiger charge is -2.17. The predicted molar refractivity (Wildman–Crippen MR) is 91.2 cm³/mol. The molecule has 0 aliphatic carbocycles. The number of hydrogen-bond donors (Lipinski definition) is 0. The number of hydrogen-bond acceptors (Lipinski definition) is 8. The zero-order valence-electron chi connectivity index (χ0n) is 13.8. The highest BCUT2D eigenvalue weighted by molar-refractivity contribution is 7.92. The Hall–Kier alpha value is -2.13. The molecule has 1 aromatic carbocycles. The first-order valence-electron chi connectivity index (χ1n) is 7.55. The topological polar surface area (TPSA) is 91.8 Å². The number of sulfone groups is 1. The smallest absolute Gasteiger partial charge is 0.345 e. The summed E-state index contributed by atoms with van der Waals surface area (Å²) in [6.07, 6.45) is 2.99. The first kappa shape index (κ1) is 17.7. The van der Waals surface area contributed by atoms with E-state index in [2.05, 4.69) is 9.11 Å². The first-order chi connectivity index (χ1) is 11.9. The molecular weight excluding hydrogens is 366 g/mol. The number of carbonyl (C=O) groups excluding carboxylic acids is 1. The van der Waals surface area contributed by atoms with Crippen molar-refractivity contribution < 1.29 is 27.4 Å². The van der Waals surface area contributed by atoms with Crippen molar-refractivity contribution in [3.05, 3.63) is 34.9 Å². The summed E-state index contributed by atoms with van der Waals surface area (Å²) in [5.74, 6) is -0.00972. The molecule has 7 nitrogen and oxygen atoms in total. The zero-order valence-corrected chi connectivity index (χ0v) is 15.4. The number of methoxy groups -OCH3 is 1. The molecule has 0 amide bonds. The second-order valence-electron chi connectivity index (χ2n) is 5.60. The van der Waals surface area contributed by atoms with Gasteiger partial charge in [0.25, 0.3) is 0 Å². The van der Waals surface area contributed by atoms with E-state index in [-0.39, 0.29) is 22.3 Å². The van der Waals surface area contributed by atoms with Crippen LogP contribution in [0.15, 0.2) is 22.4 Å². The summed E-state index contributed by atoms with van der Waals surface area (Å²) in [5, 5.41) is 0. The number of rotatable bonds is 5. The largest absolute Gasteiger partial charge is 0.493 e. The maximum atomic E-state index is 11.9. The van der Waals surface area contributed by atoms with Gasteiger partial charge in [0.15, 0.2) is 19.6 Å². The third kappa shape index (κ3) is 3.77. The van der Waals surface area contributed by atoms with Crippen LogP contribution < -0.4 is 9.47 Å². The number of aryl methyl sites for hydroxylation is 1. The van der Waals surface area contributed by atoms with Crippen molar-refractivity contribution in [1.82, 2.24) is 4.37 Å². The molecule has 0 N–H and O–H groups in total. The van der Waals surface area contributed by atoms with E-state index in [1.807, 2.05) is 18.2 Å². The van der Waals surface area contributed by atoms with Crippen molar-refractivity contribution in [2.45, 2.75) is 23.7 Å². The molecule has 0 saturated heterocycles. The van der Waals surface area contributed by atoms with Gasteiger partial charge in [0.05, 0.1) is 13.7 Å². The van der Waals surface area contributed by atoms with Crippen LogP contribution in [0, 0.1) is 0 Å². The van der Waals surface area contributed by atoms with E-state index in [1.54, 1.807) is 0 Å². The number of ether oxygens (including phenoxy) is 3. The van der Waals surface area contributed by atoms with Gasteiger partial charge in [-0.05, 0) is 41.6 Å². The van der Waals surface area contributed by atoms with E-state index in [4.69, 9.17) is 9.47 Å². The van der Waals surface area contributed by atoms with E-state index < -0.39 is 15.8 Å². The molecule has 0 unspecified atom stereocenters. The zero-order chi connectivity index (χ0) is 18.0. The van der Waals surface area contributed by atoms with E-state index in [9.17, 15) is 13.2 Å². The van der Waals surface area contributed by atoms with Gasteiger partial charge in [-0.3, -0.25) is 0 Å². The van der Waals surface area contributed by atoms with Crippen molar-refractivity contribution in [2.75, 3.05) is 20.0 Å². The Morgan fingerprint density at radius 1 is 1.40 bits per heavy atom. The van der Waals surface area contributed by atoms with Crippen molar-refractivity contribution >= 4 is 27.3 Å². The van der Waals surface area contributed by atoms with Crippen LogP contribution in [-0.2, 0) is 27.6 Å². The maximum absolute atomic E-state index is 11.9. The highest BCUT2D eigenvalue weighted by Crippen LogP contribution is 2.31. The molecule has 0 bridgehead atoms. The van der Waals surface area contributed by atoms with Crippen molar-refractivity contribution in [1.29, 1.82) is 0 Å². The summed E-state index contributed by atoms with van der Waals surface area (Å²) in [6, 6.07) is 5.78. The molecule has 1 aromatic heterocycles. The van der Waals surface area contributed by atoms with Gasteiger partial charge in [-0.25, -0.2) is 13.2 Å². The third-order valence-electron chi connectivity index (χ3n) is 3.71. The van der Waals surface area contributed by atoms with Crippen LogP contribution >= 0.6 is 11.5 Å². The van der Waals surface area contributed by atoms with Crippen LogP contribution in [0.4, 0.5) is 0 Å². The Morgan fingerprint density at radius 3 is 2.92 bits per heavy atom. The van der Waals surface area contributed by atoms with Crippen LogP contribution in [-0.4, -0.2) is 38.7 Å². The summed E-state index contributed by atoms with van der Waals surface area (Å²) < 4.78 is 43.3. The van der Waals surface area contributed by atoms with Gasteiger partial charge < -0.3 is 14.2 Å². The van der Waals surface area contributed by atoms with Crippen LogP contribution in [0.3, 0.4) is 0 Å². The average Bonchev–Trinajstić information content (AvgIpc) is 3.03. The first-order valence-corrected chi connectivity index (χ1v) is 10.2. The lowest BCUT2D eigenvalue weighted by atomic mass is 10.0. The fraction of sp³-hybridized carbons (Fsp3) is 0.375. The molecule has 0 saturated carbocycles. The predicted octanol–water partition coefficient (Wildman–Crippen LogP) is 2.24. The van der Waals surface area contributed by atoms with Gasteiger partial charge >= 0.3 is 5.97 Å². The Labute approximate surface area is 149 Å². The minimum atomic E-state index is -3.61. The monoisotopic (exact) mass is 383 g/mol. The minimum Gasteiger partial charge on any atom is -0.493 e. The molecule has 0 spiro atoms. The minimum absolute atomic E-state index is 0.0454. The molecule has 134 valence electrons. The SMILES string of the molecule is COC(=O)c1c(OCc2ccc3c(c2)OCCC3)nsc1S(C)(=O)=O. The molecule has 25 heavy (non-hydrogen) atoms. The molecule has 0 atom stereocenters. The van der Waals surface area contributed by atoms with Gasteiger partial charge in [0.1, 0.15) is 12.4 Å². The Balaban J connectivity index is 1.84. The van der Waals surface area contributed by atoms with Gasteiger partial charge in [-0.2, -0.15) is 4.37 Å². The van der Waals surface area contributed by atoms with E-state index >= 15 is 0 Å². The van der Waals surface area contributed by atoms with Crippen LogP contribution in [0.1, 0.15) is 27.9 Å². The Morgan fingerprint density at radius 2 is 2.20 bits per heavy atom. The molecular formula is C16H17NO6S2. The summed E-state index contributed by atoms with van der Waals surface area (Å²) in [4.78, 5) is 11.9. The Bertz CT molecular complexity index is 903. The normalized spacial score (nSPS) is 13.7. The molecule has 3 rings (SSSR count). The molecule has 1 aliphatic heterocycles. The summed E-state index contributed by atoms with van der Waals surface area (Å²) in [7, 11) is -2.43. The van der Waals surface area contributed by atoms with Gasteiger partial charge in [0.2, 0.25) is 5.88 Å². The van der Waals surface area contributed by atoms with Crippen molar-refractivity contribution in [2.24, 2.45) is 0 Å². The van der Waals surface area contributed by atoms with Crippen molar-refractivity contribution in [3.63, 3.8) is 0 Å². The summed E-state index contributed by atoms with van der Waals surface area (Å²) in [5.41, 5.74) is 1.83. The second kappa shape index (κ2) is 7.01. The molecule has 9 heteroatoms. The molecule has 2 aromatic rings. The molecule has 2 heterocycles. The molecule has 0 radical (unpaired) electrons. The standard InChI is InChI=1S/C16H17NO6S2/c1-21-15(18)13-14(17-24-16(13)25(2,19)20)23-9-10-5-6-11-4-3-7-22-12(11)8-10/h5-6,8H,3-4,7,9H2,1-2H3. The van der Waals surface area contributed by atoms with Gasteiger partial charge in [-0.15, -0.1) is 0 Å². The third-order valence-corrected chi connectivity index (χ3v) is 6.35. The number of nitrogens with zero attached hydrogens (tertiary/aromatic N) is 1. The summed E-state index contributed by atoms with van der Waals surface area (Å²) >= 11 is 0.696. The quantitative estimate of drug-likeness (QED) is 0.731. The van der Waals surface area contributed by atoms with E-state index in [0.717, 1.165) is 36.0 Å². The second-order valence-corrected chi connectivity index (χ2v) is 8.58. The number of fused-ring (bicyclic) bond motifs is 1. The van der Waals surface area contributed by atoms with Gasteiger partial charge in [0, 0.05) is 6.26 Å². The maximum Gasteiger partial charge on any atom is 0.345 e. The Kier molecular flexibility index (Phi) is 4.96. The van der Waals surface area contributed by atoms with E-state index in [1.165, 1.54) is 7.11 Å². The molecule has 0 fully saturated rings. The number of carbonyl (C=O) groups is 1. The van der Waals surface area contributed by atoms with Crippen LogP contribution in [0.2, 0.25) is 0 Å². The average molecular weight is 383 g/mol. The van der Waals surface area contributed by atoms with Gasteiger partial charge in [-0.1, -0.05) is 12.1 Å². The highest BCUT2D eigenvalue weighted by atomic mass is 32.2. The lowest BCUT2D eigenvalue weighted by molar-refractivity contribution is 0.0591. The summed E-state index contributed by atoms with van der Waals surface area (Å²) in [6.45, 7) is 0.821. The lowest BCUT2D eigenvalue weighted by Crippen LogP contribution is -2.10. The van der Waals surface area contributed by atoms with Crippen molar-refractivity contribution in [3.8, 4) is 11.6 Å². The van der Waals surface area contributed by atoms with Crippen LogP contribution in [0.5, 0.6) is 11.6 Å². The fourth-order valence-electron chi connectivity index (χ4n) is 2.51. The van der Waals surface area contributed by atoms with Crippen LogP contribution in [0.25, 0.3) is 0 Å². The number of aromatic nitrogens is 1. The molecule has 1 aliphatic rings. The number of esters is 1. The fourth-order valence-corrected chi connectivity index (χ4v) is 4.28.